The van der Waals surface area contributed by atoms with E-state index in [0.717, 1.165) is 9.80 Å². The second kappa shape index (κ2) is 22.7. The third-order valence-electron chi connectivity index (χ3n) is 8.10. The Kier molecular flexibility index (Phi) is 18.8. The van der Waals surface area contributed by atoms with Crippen molar-refractivity contribution < 1.29 is 75.7 Å². The van der Waals surface area contributed by atoms with Crippen LogP contribution in [0.2, 0.25) is 0 Å². The Morgan fingerprint density at radius 3 is 1.27 bits per heavy atom. The molecule has 0 aliphatic rings. The maximum Gasteiger partial charge on any atom is 0.410 e. The van der Waals surface area contributed by atoms with Gasteiger partial charge in [0.1, 0.15) is 62.3 Å². The molecule has 0 unspecified atom stereocenters. The van der Waals surface area contributed by atoms with E-state index >= 15 is 0 Å². The number of nitrogens with zero attached hydrogens (tertiary/aromatic N) is 4. The number of hydrogen-bond acceptors (Lipinski definition) is 12. The zero-order chi connectivity index (χ0) is 45.8. The van der Waals surface area contributed by atoms with Gasteiger partial charge < -0.3 is 57.5 Å². The maximum absolute atomic E-state index is 11.6. The summed E-state index contributed by atoms with van der Waals surface area (Å²) in [5.41, 5.74) is 1.99. The Morgan fingerprint density at radius 1 is 0.581 bits per heavy atom. The van der Waals surface area contributed by atoms with Crippen molar-refractivity contribution in [1.29, 1.82) is 0 Å². The number of hydrazone groups is 1. The van der Waals surface area contributed by atoms with Gasteiger partial charge in [0.15, 0.2) is 0 Å². The van der Waals surface area contributed by atoms with Gasteiger partial charge in [-0.1, -0.05) is 24.3 Å². The molecule has 0 heterocycles. The van der Waals surface area contributed by atoms with E-state index in [2.05, 4.69) is 11.4 Å². The van der Waals surface area contributed by atoms with Crippen LogP contribution in [-0.2, 0) is 42.9 Å². The minimum Gasteiger partial charge on any atom is -0.457 e. The number of ether oxygens (including phenoxy) is 1. The largest absolute Gasteiger partial charge is 0.457 e. The maximum atomic E-state index is 11.6. The summed E-state index contributed by atoms with van der Waals surface area (Å²) in [4.78, 5) is 77.1. The number of rotatable bonds is 25. The van der Waals surface area contributed by atoms with Crippen molar-refractivity contribution in [1.82, 2.24) is 14.6 Å². The highest BCUT2D eigenvalue weighted by atomic mass is 32.5. The van der Waals surface area contributed by atoms with Crippen LogP contribution in [0.25, 0.3) is 0 Å². The van der Waals surface area contributed by atoms with Crippen molar-refractivity contribution in [2.75, 3.05) is 45.3 Å². The minimum absolute atomic E-state index is 0.0666. The molecule has 0 saturated carbocycles. The number of hydrogen-bond donors (Lipinski definition) is 8. The molecule has 0 atom stereocenters. The van der Waals surface area contributed by atoms with Crippen LogP contribution in [0, 0.1) is 0 Å². The molecule has 0 radical (unpaired) electrons. The molecule has 62 heavy (non-hydrogen) atoms. The highest BCUT2D eigenvalue weighted by Crippen LogP contribution is 2.52. The van der Waals surface area contributed by atoms with Gasteiger partial charge in [0, 0.05) is 31.9 Å². The Hall–Kier alpha value is -3.11. The summed E-state index contributed by atoms with van der Waals surface area (Å²) in [6, 6.07) is 27.0. The van der Waals surface area contributed by atoms with Crippen LogP contribution < -0.4 is 18.3 Å². The second-order valence-corrected chi connectivity index (χ2v) is 23.7. The predicted octanol–water partition coefficient (Wildman–Crippen LogP) is 6.03. The molecule has 0 spiro atoms. The summed E-state index contributed by atoms with van der Waals surface area (Å²) in [6.07, 6.45) is 2.19. The van der Waals surface area contributed by atoms with E-state index in [1.807, 2.05) is 0 Å². The van der Waals surface area contributed by atoms with Gasteiger partial charge in [-0.15, -0.1) is 0 Å². The van der Waals surface area contributed by atoms with Gasteiger partial charge in [0.05, 0.1) is 6.21 Å². The van der Waals surface area contributed by atoms with Crippen molar-refractivity contribution in [3.05, 3.63) is 114 Å². The fourth-order valence-corrected chi connectivity index (χ4v) is 10.9. The van der Waals surface area contributed by atoms with Gasteiger partial charge in [0.25, 0.3) is 0 Å². The topological polar surface area (TPSA) is 289 Å². The van der Waals surface area contributed by atoms with Crippen LogP contribution in [0.15, 0.2) is 102 Å². The fraction of sp³-hybridized carbons (Fsp3) is 0.257. The van der Waals surface area contributed by atoms with Crippen molar-refractivity contribution in [2.45, 2.75) is 12.8 Å². The molecule has 4 aromatic rings. The van der Waals surface area contributed by atoms with Crippen molar-refractivity contribution in [2.24, 2.45) is 5.10 Å². The molecule has 0 aromatic heterocycles. The molecule has 0 aliphatic heterocycles. The fourth-order valence-electron chi connectivity index (χ4n) is 5.44. The van der Waals surface area contributed by atoms with Crippen LogP contribution in [0.1, 0.15) is 16.7 Å². The third-order valence-corrected chi connectivity index (χ3v) is 14.4. The average molecular weight is 997 g/mol. The summed E-state index contributed by atoms with van der Waals surface area (Å²) in [7, 11) is -16.3. The quantitative estimate of drug-likeness (QED) is 0.0214. The van der Waals surface area contributed by atoms with E-state index in [1.54, 1.807) is 104 Å². The van der Waals surface area contributed by atoms with Crippen LogP contribution in [0.3, 0.4) is 0 Å². The zero-order valence-electron chi connectivity index (χ0n) is 32.9. The number of benzene rings is 4. The Labute approximate surface area is 364 Å². The van der Waals surface area contributed by atoms with Gasteiger partial charge in [-0.3, -0.25) is 28.1 Å². The Morgan fingerprint density at radius 2 is 0.919 bits per heavy atom. The molecule has 4 aromatic carbocycles. The average Bonchev–Trinajstić information content (AvgIpc) is 3.15. The van der Waals surface area contributed by atoms with Gasteiger partial charge in [-0.05, 0) is 109 Å². The summed E-state index contributed by atoms with van der Waals surface area (Å²) in [6.45, 7) is -3.71. The van der Waals surface area contributed by atoms with Crippen molar-refractivity contribution in [3.63, 3.8) is 0 Å². The standard InChI is InChI=1S/C35H46N4O16P6S/c1-37(36-23-30-7-9-31(10-8-30)52-32-15-17-33(18-16-32)53-56-2)61(62,54-34-11-3-28(4-12-34)19-21-38(24-57(40,41)42)25-58(43,44)45)55-35-13-5-29(6-14-35)20-22-39(26-59(46,47)48)27-60(49,50)51/h3-18,23H,2,19-22,24-27H2,1H3,(H2,40,41,42)(H2,43,44,45)(H2,46,47,48)(H2,49,50,51). The first-order valence-electron chi connectivity index (χ1n) is 17.9. The lowest BCUT2D eigenvalue weighted by Crippen LogP contribution is -2.28. The predicted molar refractivity (Wildman–Crippen MR) is 240 cm³/mol. The minimum atomic E-state index is -4.61. The lowest BCUT2D eigenvalue weighted by Gasteiger charge is -2.29. The van der Waals surface area contributed by atoms with E-state index in [9.17, 15) is 57.4 Å². The van der Waals surface area contributed by atoms with E-state index in [1.165, 1.54) is 11.0 Å². The van der Waals surface area contributed by atoms with Crippen molar-refractivity contribution in [3.8, 4) is 28.7 Å². The molecule has 0 saturated heterocycles. The Balaban J connectivity index is 1.52. The first-order valence-corrected chi connectivity index (χ1v) is 28.7. The van der Waals surface area contributed by atoms with Gasteiger partial charge in [-0.25, -0.2) is 4.78 Å². The van der Waals surface area contributed by atoms with E-state index < -0.39 is 62.2 Å². The lowest BCUT2D eigenvalue weighted by atomic mass is 10.1. The van der Waals surface area contributed by atoms with E-state index in [0.29, 0.717) is 42.4 Å². The summed E-state index contributed by atoms with van der Waals surface area (Å²) in [5, 5.41) is 4.53. The zero-order valence-corrected chi connectivity index (χ0v) is 39.1. The van der Waals surface area contributed by atoms with Gasteiger partial charge >= 0.3 is 37.0 Å². The summed E-state index contributed by atoms with van der Waals surface area (Å²) >= 11 is 6.00. The lowest BCUT2D eigenvalue weighted by molar-refractivity contribution is 0.277. The normalized spacial score (nSPS) is 12.9. The van der Waals surface area contributed by atoms with Crippen LogP contribution in [-0.4, -0.2) is 112 Å². The SMILES string of the molecule is C=POc1ccc(Oc2ccc(C=NN(C)P(=S)(Oc3ccc(CCN(CP(=O)(O)O)CP(=O)(O)O)cc3)Oc3ccc(CCN(CP(=O)(O)O)CP(=O)(O)O)cc3)cc2)cc1. The first-order chi connectivity index (χ1) is 28.9. The molecule has 20 nitrogen and oxygen atoms in total. The molecule has 0 bridgehead atoms. The van der Waals surface area contributed by atoms with Gasteiger partial charge in [-0.2, -0.15) is 5.10 Å². The monoisotopic (exact) mass is 996 g/mol. The molecule has 4 rings (SSSR count). The highest BCUT2D eigenvalue weighted by Gasteiger charge is 2.30. The molecule has 8 N–H and O–H groups in total. The van der Waals surface area contributed by atoms with E-state index in [-0.39, 0.29) is 37.4 Å². The first kappa shape index (κ1) is 51.5. The molecular weight excluding hydrogens is 950 g/mol. The van der Waals surface area contributed by atoms with Crippen molar-refractivity contribution >= 4 is 69.8 Å². The highest BCUT2D eigenvalue weighted by molar-refractivity contribution is 8.09. The van der Waals surface area contributed by atoms with Crippen LogP contribution in [0.5, 0.6) is 28.7 Å². The Bertz CT molecular complexity index is 2200. The molecule has 0 fully saturated rings. The van der Waals surface area contributed by atoms with E-state index in [4.69, 9.17) is 30.1 Å². The van der Waals surface area contributed by atoms with Crippen LogP contribution >= 0.6 is 45.5 Å². The molecule has 0 aliphatic carbocycles. The third kappa shape index (κ3) is 19.7. The molecular formula is C35H46N4O16P6S. The molecule has 338 valence electrons. The van der Waals surface area contributed by atoms with Crippen LogP contribution in [0.4, 0.5) is 0 Å². The second-order valence-electron chi connectivity index (χ2n) is 13.5. The summed E-state index contributed by atoms with van der Waals surface area (Å²) < 4.78 is 71.5. The summed E-state index contributed by atoms with van der Waals surface area (Å²) in [5.74, 6) is 2.34. The molecule has 27 heteroatoms. The molecule has 0 amide bonds. The van der Waals surface area contributed by atoms with Gasteiger partial charge in [0.2, 0.25) is 0 Å². The smallest absolute Gasteiger partial charge is 0.410 e.